The Labute approximate surface area is 192 Å². The first-order valence-corrected chi connectivity index (χ1v) is 11.8. The fourth-order valence-corrected chi connectivity index (χ4v) is 5.24. The Bertz CT molecular complexity index is 1340. The average Bonchev–Trinajstić information content (AvgIpc) is 3.22. The van der Waals surface area contributed by atoms with Crippen LogP contribution in [-0.2, 0) is 10.0 Å². The molecule has 0 atom stereocenters. The zero-order valence-corrected chi connectivity index (χ0v) is 19.0. The predicted octanol–water partition coefficient (Wildman–Crippen LogP) is 3.14. The first-order chi connectivity index (χ1) is 15.7. The van der Waals surface area contributed by atoms with Crippen molar-refractivity contribution in [3.05, 3.63) is 58.9 Å². The molecule has 3 N–H and O–H groups in total. The van der Waals surface area contributed by atoms with Gasteiger partial charge in [0, 0.05) is 18.0 Å². The lowest BCUT2D eigenvalue weighted by molar-refractivity contribution is 0.0936. The Balaban J connectivity index is 1.45. The number of halogens is 1. The Kier molecular flexibility index (Phi) is 5.91. The standard InChI is InChI=1S/C20H18FN5O5S2/c1-11-3-6-18(32-11)33(29,30)25-20(28)24-17-5-4-12(9-23-17)26-10-31-16-8-15(22-2)14(21)7-13(16)19(26)27/h3-9,22H,10H2,1-2H3,(H2,23,24,25,28). The minimum atomic E-state index is -4.00. The highest BCUT2D eigenvalue weighted by molar-refractivity contribution is 7.92. The number of pyridine rings is 1. The number of benzene rings is 1. The summed E-state index contributed by atoms with van der Waals surface area (Å²) < 4.78 is 46.1. The van der Waals surface area contributed by atoms with Gasteiger partial charge in [0.15, 0.2) is 6.73 Å². The molecule has 0 saturated carbocycles. The average molecular weight is 492 g/mol. The molecule has 0 spiro atoms. The number of aromatic nitrogens is 1. The quantitative estimate of drug-likeness (QED) is 0.500. The number of anilines is 3. The van der Waals surface area contributed by atoms with Gasteiger partial charge >= 0.3 is 6.03 Å². The van der Waals surface area contributed by atoms with E-state index < -0.39 is 27.8 Å². The van der Waals surface area contributed by atoms with E-state index in [0.29, 0.717) is 5.69 Å². The number of hydrogen-bond acceptors (Lipinski definition) is 8. The van der Waals surface area contributed by atoms with Gasteiger partial charge < -0.3 is 10.1 Å². The summed E-state index contributed by atoms with van der Waals surface area (Å²) in [5, 5.41) is 5.01. The van der Waals surface area contributed by atoms with E-state index in [1.54, 1.807) is 20.0 Å². The highest BCUT2D eigenvalue weighted by Gasteiger charge is 2.29. The Morgan fingerprint density at radius 3 is 2.67 bits per heavy atom. The summed E-state index contributed by atoms with van der Waals surface area (Å²) in [7, 11) is -2.45. The van der Waals surface area contributed by atoms with Gasteiger partial charge in [-0.05, 0) is 37.3 Å². The topological polar surface area (TPSA) is 130 Å². The number of rotatable bonds is 5. The van der Waals surface area contributed by atoms with E-state index in [2.05, 4.69) is 15.6 Å². The SMILES string of the molecule is CNc1cc2c(cc1F)C(=O)N(c1ccc(NC(=O)NS(=O)(=O)c3ccc(C)s3)nc1)CO2. The second-order valence-electron chi connectivity index (χ2n) is 6.91. The van der Waals surface area contributed by atoms with Crippen LogP contribution < -0.4 is 25.0 Å². The zero-order valence-electron chi connectivity index (χ0n) is 17.4. The summed E-state index contributed by atoms with van der Waals surface area (Å²) >= 11 is 1.04. The van der Waals surface area contributed by atoms with Gasteiger partial charge in [-0.1, -0.05) is 0 Å². The minimum Gasteiger partial charge on any atom is -0.472 e. The first kappa shape index (κ1) is 22.5. The molecular formula is C20H18FN5O5S2. The number of nitrogens with zero attached hydrogens (tertiary/aromatic N) is 2. The molecule has 0 radical (unpaired) electrons. The number of sulfonamides is 1. The number of urea groups is 1. The molecular weight excluding hydrogens is 473 g/mol. The van der Waals surface area contributed by atoms with Crippen molar-refractivity contribution in [1.29, 1.82) is 0 Å². The van der Waals surface area contributed by atoms with Crippen molar-refractivity contribution < 1.29 is 27.1 Å². The fraction of sp³-hybridized carbons (Fsp3) is 0.150. The number of nitrogens with one attached hydrogen (secondary N) is 3. The molecule has 0 fully saturated rings. The summed E-state index contributed by atoms with van der Waals surface area (Å²) in [6.07, 6.45) is 1.30. The summed E-state index contributed by atoms with van der Waals surface area (Å²) in [6, 6.07) is 7.45. The van der Waals surface area contributed by atoms with E-state index in [4.69, 9.17) is 4.74 Å². The van der Waals surface area contributed by atoms with Gasteiger partial charge in [-0.2, -0.15) is 0 Å². The summed E-state index contributed by atoms with van der Waals surface area (Å²) in [6.45, 7) is 1.64. The molecule has 10 nitrogen and oxygen atoms in total. The van der Waals surface area contributed by atoms with Crippen LogP contribution in [0.3, 0.4) is 0 Å². The smallest absolute Gasteiger partial charge is 0.334 e. The Hall–Kier alpha value is -3.71. The fourth-order valence-electron chi connectivity index (χ4n) is 3.05. The van der Waals surface area contributed by atoms with Crippen LogP contribution in [0, 0.1) is 12.7 Å². The largest absolute Gasteiger partial charge is 0.472 e. The van der Waals surface area contributed by atoms with Crippen molar-refractivity contribution in [2.24, 2.45) is 0 Å². The number of amides is 3. The van der Waals surface area contributed by atoms with Crippen molar-refractivity contribution >= 4 is 50.5 Å². The molecule has 33 heavy (non-hydrogen) atoms. The van der Waals surface area contributed by atoms with Crippen LogP contribution >= 0.6 is 11.3 Å². The van der Waals surface area contributed by atoms with Crippen molar-refractivity contribution in [2.45, 2.75) is 11.1 Å². The van der Waals surface area contributed by atoms with Gasteiger partial charge in [-0.15, -0.1) is 11.3 Å². The molecule has 1 aromatic carbocycles. The molecule has 3 amide bonds. The van der Waals surface area contributed by atoms with Gasteiger partial charge in [0.05, 0.1) is 23.1 Å². The molecule has 2 aromatic heterocycles. The highest BCUT2D eigenvalue weighted by atomic mass is 32.2. The summed E-state index contributed by atoms with van der Waals surface area (Å²) in [5.41, 5.74) is 0.617. The lowest BCUT2D eigenvalue weighted by Gasteiger charge is -2.29. The normalized spacial score (nSPS) is 13.2. The van der Waals surface area contributed by atoms with Crippen molar-refractivity contribution in [3.8, 4) is 5.75 Å². The van der Waals surface area contributed by atoms with E-state index in [0.717, 1.165) is 22.3 Å². The Morgan fingerprint density at radius 1 is 1.24 bits per heavy atom. The molecule has 0 aliphatic carbocycles. The van der Waals surface area contributed by atoms with Crippen LogP contribution in [0.25, 0.3) is 0 Å². The van der Waals surface area contributed by atoms with Crippen LogP contribution in [0.2, 0.25) is 0 Å². The van der Waals surface area contributed by atoms with Crippen molar-refractivity contribution in [3.63, 3.8) is 0 Å². The van der Waals surface area contributed by atoms with E-state index in [1.807, 2.05) is 4.72 Å². The van der Waals surface area contributed by atoms with E-state index in [9.17, 15) is 22.4 Å². The molecule has 1 aliphatic rings. The van der Waals surface area contributed by atoms with Crippen molar-refractivity contribution in [1.82, 2.24) is 9.71 Å². The number of carbonyl (C=O) groups is 2. The van der Waals surface area contributed by atoms with Crippen LogP contribution in [0.15, 0.2) is 46.8 Å². The van der Waals surface area contributed by atoms with Crippen LogP contribution in [0.4, 0.5) is 26.4 Å². The maximum absolute atomic E-state index is 14.1. The maximum atomic E-state index is 14.1. The number of carbonyl (C=O) groups excluding carboxylic acids is 2. The molecule has 4 rings (SSSR count). The monoisotopic (exact) mass is 491 g/mol. The third-order valence-electron chi connectivity index (χ3n) is 4.67. The van der Waals surface area contributed by atoms with Gasteiger partial charge in [0.25, 0.3) is 15.9 Å². The van der Waals surface area contributed by atoms with Gasteiger partial charge in [0.2, 0.25) is 0 Å². The third kappa shape index (κ3) is 4.59. The number of hydrogen-bond donors (Lipinski definition) is 3. The summed E-state index contributed by atoms with van der Waals surface area (Å²) in [5.74, 6) is -0.752. The number of fused-ring (bicyclic) bond motifs is 1. The molecule has 3 heterocycles. The molecule has 13 heteroatoms. The van der Waals surface area contributed by atoms with Gasteiger partial charge in [-0.3, -0.25) is 15.0 Å². The second kappa shape index (κ2) is 8.67. The van der Waals surface area contributed by atoms with E-state index in [-0.39, 0.29) is 33.8 Å². The van der Waals surface area contributed by atoms with E-state index in [1.165, 1.54) is 35.4 Å². The van der Waals surface area contributed by atoms with Crippen LogP contribution in [0.1, 0.15) is 15.2 Å². The molecule has 3 aromatic rings. The van der Waals surface area contributed by atoms with Crippen molar-refractivity contribution in [2.75, 3.05) is 29.3 Å². The zero-order chi connectivity index (χ0) is 23.8. The number of thiophene rings is 1. The Morgan fingerprint density at radius 2 is 2.03 bits per heavy atom. The second-order valence-corrected chi connectivity index (χ2v) is 10.1. The number of ether oxygens (including phenoxy) is 1. The van der Waals surface area contributed by atoms with Crippen LogP contribution in [-0.4, -0.2) is 39.1 Å². The lowest BCUT2D eigenvalue weighted by atomic mass is 10.1. The maximum Gasteiger partial charge on any atom is 0.334 e. The van der Waals surface area contributed by atoms with E-state index >= 15 is 0 Å². The van der Waals surface area contributed by atoms with Gasteiger partial charge in [0.1, 0.15) is 21.6 Å². The molecule has 1 aliphatic heterocycles. The molecule has 172 valence electrons. The molecule has 0 unspecified atom stereocenters. The molecule has 0 bridgehead atoms. The summed E-state index contributed by atoms with van der Waals surface area (Å²) in [4.78, 5) is 31.0. The molecule has 0 saturated heterocycles. The minimum absolute atomic E-state index is 0.0145. The van der Waals surface area contributed by atoms with Gasteiger partial charge in [-0.25, -0.2) is 27.3 Å². The van der Waals surface area contributed by atoms with Crippen LogP contribution in [0.5, 0.6) is 5.75 Å². The number of aryl methyl sites for hydroxylation is 1. The third-order valence-corrected chi connectivity index (χ3v) is 7.50. The first-order valence-electron chi connectivity index (χ1n) is 9.50. The lowest BCUT2D eigenvalue weighted by Crippen LogP contribution is -2.39. The predicted molar refractivity (Wildman–Crippen MR) is 121 cm³/mol. The highest BCUT2D eigenvalue weighted by Crippen LogP contribution is 2.32.